The molecule has 7 nitrogen and oxygen atoms in total. The lowest BCUT2D eigenvalue weighted by atomic mass is 10.1. The summed E-state index contributed by atoms with van der Waals surface area (Å²) in [6, 6.07) is 20.1. The minimum absolute atomic E-state index is 0.138. The molecule has 0 radical (unpaired) electrons. The Kier molecular flexibility index (Phi) is 7.57. The quantitative estimate of drug-likeness (QED) is 0.362. The molecule has 10 heteroatoms. The highest BCUT2D eigenvalue weighted by Gasteiger charge is 2.17. The second-order valence-corrected chi connectivity index (χ2v) is 11.9. The number of aromatic nitrogens is 1. The molecule has 0 saturated carbocycles. The summed E-state index contributed by atoms with van der Waals surface area (Å²) in [6.45, 7) is 4.66. The molecule has 1 N–H and O–H groups in total. The highest BCUT2D eigenvalue weighted by atomic mass is 35.5. The van der Waals surface area contributed by atoms with Crippen molar-refractivity contribution in [3.63, 3.8) is 0 Å². The number of thiazole rings is 1. The van der Waals surface area contributed by atoms with E-state index in [2.05, 4.69) is 15.7 Å². The number of hydrogen-bond acceptors (Lipinski definition) is 6. The van der Waals surface area contributed by atoms with E-state index in [1.165, 1.54) is 0 Å². The zero-order valence-corrected chi connectivity index (χ0v) is 21.9. The number of nitrogens with one attached hydrogen (secondary N) is 1. The molecule has 0 aliphatic carbocycles. The van der Waals surface area contributed by atoms with Gasteiger partial charge in [0.25, 0.3) is 0 Å². The molecule has 1 aliphatic rings. The summed E-state index contributed by atoms with van der Waals surface area (Å²) < 4.78 is 36.5. The fourth-order valence-corrected chi connectivity index (χ4v) is 6.43. The summed E-state index contributed by atoms with van der Waals surface area (Å²) >= 11 is 7.00. The fourth-order valence-electron chi connectivity index (χ4n) is 4.25. The Labute approximate surface area is 218 Å². The highest BCUT2D eigenvalue weighted by molar-refractivity contribution is 7.89. The molecule has 4 aromatic rings. The maximum absolute atomic E-state index is 13.0. The average Bonchev–Trinajstić information content (AvgIpc) is 3.19. The lowest BCUT2D eigenvalue weighted by molar-refractivity contribution is 0.0342. The standard InChI is InChI=1S/C26H26ClN3O4S2/c27-22-6-4-19(5-7-22)18-30-24-9-8-23(15-25(24)35-26(30)31)36(32,33)28-16-20-2-1-3-21(14-20)17-29-10-12-34-13-11-29/h1-9,14-15,28H,10-13,16-18H2. The van der Waals surface area contributed by atoms with Crippen LogP contribution in [0.4, 0.5) is 0 Å². The Morgan fingerprint density at radius 1 is 0.917 bits per heavy atom. The number of rotatable bonds is 8. The van der Waals surface area contributed by atoms with Crippen molar-refractivity contribution in [2.45, 2.75) is 24.5 Å². The lowest BCUT2D eigenvalue weighted by Crippen LogP contribution is -2.35. The first-order valence-corrected chi connectivity index (χ1v) is 14.3. The summed E-state index contributed by atoms with van der Waals surface area (Å²) in [4.78, 5) is 15.0. The van der Waals surface area contributed by atoms with Gasteiger partial charge in [-0.05, 0) is 47.0 Å². The summed E-state index contributed by atoms with van der Waals surface area (Å²) in [5, 5.41) is 0.632. The van der Waals surface area contributed by atoms with Gasteiger partial charge in [0, 0.05) is 31.2 Å². The van der Waals surface area contributed by atoms with Gasteiger partial charge in [-0.2, -0.15) is 0 Å². The molecular formula is C26H26ClN3O4S2. The van der Waals surface area contributed by atoms with E-state index >= 15 is 0 Å². The smallest absolute Gasteiger partial charge is 0.308 e. The van der Waals surface area contributed by atoms with E-state index in [0.717, 1.165) is 60.9 Å². The van der Waals surface area contributed by atoms with E-state index in [9.17, 15) is 13.2 Å². The van der Waals surface area contributed by atoms with Crippen LogP contribution in [0.3, 0.4) is 0 Å². The van der Waals surface area contributed by atoms with Crippen LogP contribution < -0.4 is 9.60 Å². The van der Waals surface area contributed by atoms with Crippen molar-refractivity contribution in [3.05, 3.63) is 98.1 Å². The van der Waals surface area contributed by atoms with Crippen molar-refractivity contribution in [3.8, 4) is 0 Å². The Morgan fingerprint density at radius 2 is 1.67 bits per heavy atom. The Balaban J connectivity index is 1.29. The van der Waals surface area contributed by atoms with Crippen LogP contribution in [0.25, 0.3) is 10.2 Å². The normalized spacial score (nSPS) is 14.9. The van der Waals surface area contributed by atoms with Crippen molar-refractivity contribution < 1.29 is 13.2 Å². The van der Waals surface area contributed by atoms with Crippen LogP contribution in [0, 0.1) is 0 Å². The van der Waals surface area contributed by atoms with Crippen LogP contribution in [0.2, 0.25) is 5.02 Å². The molecule has 1 aliphatic heterocycles. The first-order valence-electron chi connectivity index (χ1n) is 11.6. The first-order chi connectivity index (χ1) is 17.4. The van der Waals surface area contributed by atoms with Gasteiger partial charge in [-0.3, -0.25) is 14.3 Å². The number of sulfonamides is 1. The van der Waals surface area contributed by atoms with Crippen LogP contribution in [0.15, 0.2) is 76.4 Å². The molecule has 5 rings (SSSR count). The van der Waals surface area contributed by atoms with Crippen LogP contribution >= 0.6 is 22.9 Å². The third-order valence-corrected chi connectivity index (χ3v) is 8.76. The minimum Gasteiger partial charge on any atom is -0.379 e. The van der Waals surface area contributed by atoms with Gasteiger partial charge in [0.1, 0.15) is 0 Å². The summed E-state index contributed by atoms with van der Waals surface area (Å²) in [5.41, 5.74) is 3.68. The minimum atomic E-state index is -3.75. The molecule has 188 valence electrons. The van der Waals surface area contributed by atoms with Crippen LogP contribution in [0.5, 0.6) is 0 Å². The van der Waals surface area contributed by atoms with Gasteiger partial charge in [0.2, 0.25) is 10.0 Å². The van der Waals surface area contributed by atoms with Crippen molar-refractivity contribution in [1.29, 1.82) is 0 Å². The largest absolute Gasteiger partial charge is 0.379 e. The topological polar surface area (TPSA) is 80.6 Å². The summed E-state index contributed by atoms with van der Waals surface area (Å²) in [6.07, 6.45) is 0. The van der Waals surface area contributed by atoms with E-state index in [0.29, 0.717) is 21.8 Å². The molecule has 0 atom stereocenters. The van der Waals surface area contributed by atoms with Gasteiger partial charge < -0.3 is 4.74 Å². The Morgan fingerprint density at radius 3 is 2.44 bits per heavy atom. The number of halogens is 1. The second kappa shape index (κ2) is 10.8. The van der Waals surface area contributed by atoms with E-state index in [4.69, 9.17) is 16.3 Å². The van der Waals surface area contributed by atoms with E-state index in [1.54, 1.807) is 34.9 Å². The van der Waals surface area contributed by atoms with Gasteiger partial charge in [-0.15, -0.1) is 0 Å². The van der Waals surface area contributed by atoms with Crippen LogP contribution in [0.1, 0.15) is 16.7 Å². The van der Waals surface area contributed by atoms with Crippen LogP contribution in [-0.4, -0.2) is 44.2 Å². The van der Waals surface area contributed by atoms with Crippen molar-refractivity contribution in [1.82, 2.24) is 14.2 Å². The van der Waals surface area contributed by atoms with E-state index < -0.39 is 10.0 Å². The molecule has 0 unspecified atom stereocenters. The molecule has 0 amide bonds. The summed E-state index contributed by atoms with van der Waals surface area (Å²) in [7, 11) is -3.75. The van der Waals surface area contributed by atoms with Gasteiger partial charge in [-0.1, -0.05) is 59.3 Å². The predicted molar refractivity (Wildman–Crippen MR) is 143 cm³/mol. The SMILES string of the molecule is O=c1sc2cc(S(=O)(=O)NCc3cccc(CN4CCOCC4)c3)ccc2n1Cc1ccc(Cl)cc1. The Bertz CT molecular complexity index is 1530. The number of hydrogen-bond donors (Lipinski definition) is 1. The molecule has 36 heavy (non-hydrogen) atoms. The molecule has 1 aromatic heterocycles. The lowest BCUT2D eigenvalue weighted by Gasteiger charge is -2.26. The van der Waals surface area contributed by atoms with Gasteiger partial charge in [-0.25, -0.2) is 13.1 Å². The zero-order valence-electron chi connectivity index (χ0n) is 19.5. The highest BCUT2D eigenvalue weighted by Crippen LogP contribution is 2.23. The van der Waals surface area contributed by atoms with Crippen molar-refractivity contribution in [2.24, 2.45) is 0 Å². The van der Waals surface area contributed by atoms with Gasteiger partial charge in [0.05, 0.1) is 34.9 Å². The number of morpholine rings is 1. The first kappa shape index (κ1) is 25.1. The third-order valence-electron chi connectivity index (χ3n) is 6.17. The van der Waals surface area contributed by atoms with Crippen molar-refractivity contribution >= 4 is 43.2 Å². The van der Waals surface area contributed by atoms with Crippen LogP contribution in [-0.2, 0) is 34.4 Å². The monoisotopic (exact) mass is 543 g/mol. The van der Waals surface area contributed by atoms with Gasteiger partial charge in [0.15, 0.2) is 0 Å². The summed E-state index contributed by atoms with van der Waals surface area (Å²) in [5.74, 6) is 0. The number of benzene rings is 3. The molecule has 1 saturated heterocycles. The predicted octanol–water partition coefficient (Wildman–Crippen LogP) is 4.08. The molecular weight excluding hydrogens is 518 g/mol. The third kappa shape index (κ3) is 5.88. The van der Waals surface area contributed by atoms with E-state index in [1.807, 2.05) is 30.3 Å². The number of ether oxygens (including phenoxy) is 1. The zero-order chi connectivity index (χ0) is 25.1. The average molecular weight is 544 g/mol. The molecule has 1 fully saturated rings. The number of nitrogens with zero attached hydrogens (tertiary/aromatic N) is 2. The van der Waals surface area contributed by atoms with E-state index in [-0.39, 0.29) is 16.3 Å². The maximum atomic E-state index is 13.0. The fraction of sp³-hybridized carbons (Fsp3) is 0.269. The maximum Gasteiger partial charge on any atom is 0.308 e. The molecule has 2 heterocycles. The van der Waals surface area contributed by atoms with Gasteiger partial charge >= 0.3 is 4.87 Å². The molecule has 3 aromatic carbocycles. The molecule has 0 bridgehead atoms. The molecule has 0 spiro atoms. The van der Waals surface area contributed by atoms with Crippen molar-refractivity contribution in [2.75, 3.05) is 26.3 Å². The number of fused-ring (bicyclic) bond motifs is 1. The second-order valence-electron chi connectivity index (χ2n) is 8.74. The Hall–Kier alpha value is -2.53.